The number of allylic oxidation sites excluding steroid dienone is 2. The molecule has 1 aromatic heterocycles. The summed E-state index contributed by atoms with van der Waals surface area (Å²) in [4.78, 5) is 11.4. The van der Waals surface area contributed by atoms with Gasteiger partial charge in [-0.1, -0.05) is 26.8 Å². The van der Waals surface area contributed by atoms with E-state index in [9.17, 15) is 20.1 Å². The van der Waals surface area contributed by atoms with Crippen molar-refractivity contribution >= 4 is 11.7 Å². The van der Waals surface area contributed by atoms with Crippen LogP contribution in [-0.2, 0) is 4.79 Å². The molecule has 1 aliphatic rings. The van der Waals surface area contributed by atoms with Gasteiger partial charge in [0.1, 0.15) is 5.60 Å². The van der Waals surface area contributed by atoms with E-state index in [1.165, 1.54) is 23.0 Å². The Morgan fingerprint density at radius 1 is 1.17 bits per heavy atom. The lowest BCUT2D eigenvalue weighted by atomic mass is 9.69. The maximum Gasteiger partial charge on any atom is 0.331 e. The number of aromatic hydroxyl groups is 1. The van der Waals surface area contributed by atoms with Crippen molar-refractivity contribution in [3.05, 3.63) is 58.9 Å². The summed E-state index contributed by atoms with van der Waals surface area (Å²) in [6.45, 7) is 9.38. The Bertz CT molecular complexity index is 1090. The van der Waals surface area contributed by atoms with Crippen LogP contribution in [0.2, 0.25) is 0 Å². The fraction of sp³-hybridized carbons (Fsp3) is 0.364. The molecule has 0 fully saturated rings. The number of aliphatic hydroxyl groups is 1. The number of nitrogens with zero attached hydrogens (tertiary/aromatic N) is 4. The van der Waals surface area contributed by atoms with Crippen molar-refractivity contribution in [3.63, 3.8) is 0 Å². The van der Waals surface area contributed by atoms with Crippen LogP contribution >= 0.6 is 0 Å². The second kappa shape index (κ2) is 7.53. The van der Waals surface area contributed by atoms with Gasteiger partial charge in [0.2, 0.25) is 5.88 Å². The molecule has 0 saturated heterocycles. The summed E-state index contributed by atoms with van der Waals surface area (Å²) in [7, 11) is 0. The molecule has 0 radical (unpaired) electrons. The van der Waals surface area contributed by atoms with Gasteiger partial charge in [-0.25, -0.2) is 4.79 Å². The molecule has 1 aliphatic carbocycles. The number of azo groups is 1. The van der Waals surface area contributed by atoms with Crippen LogP contribution in [-0.4, -0.2) is 36.7 Å². The highest BCUT2D eigenvalue weighted by Crippen LogP contribution is 2.44. The molecule has 1 unspecified atom stereocenters. The second-order valence-corrected chi connectivity index (χ2v) is 8.57. The van der Waals surface area contributed by atoms with Crippen LogP contribution in [0.1, 0.15) is 38.3 Å². The first-order valence-corrected chi connectivity index (χ1v) is 9.57. The highest BCUT2D eigenvalue weighted by Gasteiger charge is 2.46. The Labute approximate surface area is 174 Å². The smallest absolute Gasteiger partial charge is 0.331 e. The number of carboxylic acids is 1. The van der Waals surface area contributed by atoms with E-state index >= 15 is 0 Å². The lowest BCUT2D eigenvalue weighted by molar-refractivity contribution is -0.134. The Kier molecular flexibility index (Phi) is 5.38. The lowest BCUT2D eigenvalue weighted by Gasteiger charge is -2.41. The fourth-order valence-corrected chi connectivity index (χ4v) is 3.21. The highest BCUT2D eigenvalue weighted by molar-refractivity contribution is 5.87. The molecule has 0 saturated carbocycles. The van der Waals surface area contributed by atoms with Crippen LogP contribution in [0.4, 0.5) is 5.69 Å². The molecule has 0 bridgehead atoms. The average Bonchev–Trinajstić information content (AvgIpc) is 3.02. The molecule has 2 aromatic rings. The van der Waals surface area contributed by atoms with Gasteiger partial charge in [0, 0.05) is 12.0 Å². The van der Waals surface area contributed by atoms with Crippen LogP contribution in [0.3, 0.4) is 0 Å². The number of aliphatic carboxylic acids is 1. The SMILES string of the molecule is Cc1ccc(-n2ncc(/N=N/C3=CC=C(C(=O)O)CC3(O)C(C)(C)C)c2O)cc1C. The summed E-state index contributed by atoms with van der Waals surface area (Å²) in [6, 6.07) is 5.69. The van der Waals surface area contributed by atoms with Gasteiger partial charge in [0.15, 0.2) is 5.69 Å². The van der Waals surface area contributed by atoms with Gasteiger partial charge in [-0.2, -0.15) is 14.9 Å². The van der Waals surface area contributed by atoms with E-state index in [1.54, 1.807) is 20.8 Å². The molecule has 0 amide bonds. The van der Waals surface area contributed by atoms with E-state index in [0.29, 0.717) is 5.69 Å². The zero-order valence-corrected chi connectivity index (χ0v) is 17.7. The number of hydrogen-bond donors (Lipinski definition) is 3. The minimum absolute atomic E-state index is 0.0927. The van der Waals surface area contributed by atoms with Crippen LogP contribution in [0.5, 0.6) is 5.88 Å². The maximum absolute atomic E-state index is 11.4. The Balaban J connectivity index is 1.97. The number of rotatable bonds is 4. The average molecular weight is 410 g/mol. The van der Waals surface area contributed by atoms with Crippen molar-refractivity contribution < 1.29 is 20.1 Å². The molecule has 3 rings (SSSR count). The lowest BCUT2D eigenvalue weighted by Crippen LogP contribution is -2.46. The molecule has 8 heteroatoms. The topological polar surface area (TPSA) is 120 Å². The molecular weight excluding hydrogens is 384 g/mol. The van der Waals surface area contributed by atoms with Gasteiger partial charge in [0.05, 0.1) is 17.6 Å². The summed E-state index contributed by atoms with van der Waals surface area (Å²) >= 11 is 0. The number of benzene rings is 1. The third kappa shape index (κ3) is 3.78. The summed E-state index contributed by atoms with van der Waals surface area (Å²) in [5.74, 6) is -1.27. The van der Waals surface area contributed by atoms with E-state index < -0.39 is 17.0 Å². The summed E-state index contributed by atoms with van der Waals surface area (Å²) in [6.07, 6.45) is 4.15. The first kappa shape index (κ1) is 21.4. The first-order chi connectivity index (χ1) is 13.9. The van der Waals surface area contributed by atoms with Gasteiger partial charge in [0.25, 0.3) is 0 Å². The van der Waals surface area contributed by atoms with Crippen molar-refractivity contribution in [1.29, 1.82) is 0 Å². The minimum atomic E-state index is -1.53. The molecule has 1 atom stereocenters. The Morgan fingerprint density at radius 3 is 2.47 bits per heavy atom. The second-order valence-electron chi connectivity index (χ2n) is 8.57. The molecule has 8 nitrogen and oxygen atoms in total. The largest absolute Gasteiger partial charge is 0.492 e. The predicted octanol–water partition coefficient (Wildman–Crippen LogP) is 4.35. The predicted molar refractivity (Wildman–Crippen MR) is 112 cm³/mol. The van der Waals surface area contributed by atoms with Crippen molar-refractivity contribution in [2.45, 2.75) is 46.6 Å². The summed E-state index contributed by atoms with van der Waals surface area (Å²) in [5, 5.41) is 43.5. The summed E-state index contributed by atoms with van der Waals surface area (Å²) < 4.78 is 1.36. The molecule has 1 heterocycles. The van der Waals surface area contributed by atoms with Crippen LogP contribution in [0.15, 0.2) is 58.0 Å². The molecule has 0 spiro atoms. The van der Waals surface area contributed by atoms with Gasteiger partial charge >= 0.3 is 5.97 Å². The highest BCUT2D eigenvalue weighted by atomic mass is 16.4. The third-order valence-electron chi connectivity index (χ3n) is 5.55. The van der Waals surface area contributed by atoms with Crippen molar-refractivity contribution in [2.75, 3.05) is 0 Å². The monoisotopic (exact) mass is 410 g/mol. The van der Waals surface area contributed by atoms with Crippen LogP contribution < -0.4 is 0 Å². The van der Waals surface area contributed by atoms with Crippen molar-refractivity contribution in [3.8, 4) is 11.6 Å². The number of carbonyl (C=O) groups is 1. The number of hydrogen-bond acceptors (Lipinski definition) is 6. The fourth-order valence-electron chi connectivity index (χ4n) is 3.21. The van der Waals surface area contributed by atoms with Crippen molar-refractivity contribution in [1.82, 2.24) is 9.78 Å². The molecule has 1 aromatic carbocycles. The molecule has 30 heavy (non-hydrogen) atoms. The van der Waals surface area contributed by atoms with Crippen LogP contribution in [0, 0.1) is 19.3 Å². The number of aryl methyl sites for hydroxylation is 2. The number of aromatic nitrogens is 2. The first-order valence-electron chi connectivity index (χ1n) is 9.57. The standard InChI is InChI=1S/C22H26N4O4/c1-13-6-8-16(10-14(13)2)26-19(27)17(12-23-26)24-25-18-9-7-15(20(28)29)11-22(18,30)21(3,4)5/h6-10,12,27,30H,11H2,1-5H3,(H,28,29)/b25-24+. The zero-order valence-electron chi connectivity index (χ0n) is 17.7. The van der Waals surface area contributed by atoms with E-state index in [-0.39, 0.29) is 29.3 Å². The molecule has 158 valence electrons. The van der Waals surface area contributed by atoms with Gasteiger partial charge in [-0.3, -0.25) is 0 Å². The van der Waals surface area contributed by atoms with E-state index in [0.717, 1.165) is 11.1 Å². The molecule has 0 aliphatic heterocycles. The van der Waals surface area contributed by atoms with Crippen molar-refractivity contribution in [2.24, 2.45) is 15.6 Å². The minimum Gasteiger partial charge on any atom is -0.492 e. The quantitative estimate of drug-likeness (QED) is 0.647. The van der Waals surface area contributed by atoms with Gasteiger partial charge < -0.3 is 15.3 Å². The Morgan fingerprint density at radius 2 is 1.87 bits per heavy atom. The normalized spacial score (nSPS) is 19.7. The molecule has 3 N–H and O–H groups in total. The van der Waals surface area contributed by atoms with E-state index in [4.69, 9.17) is 0 Å². The Hall–Kier alpha value is -3.26. The zero-order chi connectivity index (χ0) is 22.3. The van der Waals surface area contributed by atoms with E-state index in [2.05, 4.69) is 15.3 Å². The van der Waals surface area contributed by atoms with Gasteiger partial charge in [-0.05, 0) is 54.7 Å². The number of carboxylic acid groups (broad SMARTS) is 1. The third-order valence-corrected chi connectivity index (χ3v) is 5.55. The van der Waals surface area contributed by atoms with Gasteiger partial charge in [-0.15, -0.1) is 5.11 Å². The summed E-state index contributed by atoms with van der Waals surface area (Å²) in [5.41, 5.74) is 1.11. The van der Waals surface area contributed by atoms with E-state index in [1.807, 2.05) is 32.0 Å². The van der Waals surface area contributed by atoms with Crippen LogP contribution in [0.25, 0.3) is 5.69 Å². The molecular formula is C22H26N4O4. The maximum atomic E-state index is 11.4.